The number of hydrogen-bond acceptors (Lipinski definition) is 5. The third kappa shape index (κ3) is 4.40. The maximum atomic E-state index is 12.2. The highest BCUT2D eigenvalue weighted by Gasteiger charge is 2.24. The van der Waals surface area contributed by atoms with Gasteiger partial charge in [0.1, 0.15) is 6.61 Å². The lowest BCUT2D eigenvalue weighted by atomic mass is 10.1. The summed E-state index contributed by atoms with van der Waals surface area (Å²) < 4.78 is 17.0. The molecule has 1 aliphatic heterocycles. The van der Waals surface area contributed by atoms with Crippen LogP contribution < -0.4 is 9.47 Å². The molecule has 0 saturated heterocycles. The van der Waals surface area contributed by atoms with Gasteiger partial charge in [-0.1, -0.05) is 40.2 Å². The van der Waals surface area contributed by atoms with Gasteiger partial charge in [-0.05, 0) is 48.0 Å². The average molecular weight is 449 g/mol. The minimum atomic E-state index is -0.532. The van der Waals surface area contributed by atoms with Crippen molar-refractivity contribution in [2.75, 3.05) is 13.7 Å². The van der Waals surface area contributed by atoms with Gasteiger partial charge in [0.25, 0.3) is 0 Å². The number of nitrogens with zero attached hydrogens (tertiary/aromatic N) is 1. The number of cyclic esters (lactones) is 1. The summed E-state index contributed by atoms with van der Waals surface area (Å²) >= 11 is 9.65. The Labute approximate surface area is 170 Å². The van der Waals surface area contributed by atoms with Gasteiger partial charge in [-0.15, -0.1) is 0 Å². The summed E-state index contributed by atoms with van der Waals surface area (Å²) in [5.41, 5.74) is 1.51. The summed E-state index contributed by atoms with van der Waals surface area (Å²) in [6, 6.07) is 10.7. The SMILES string of the molecule is C=CCOc1c(Cl)cc(/C=C2\N=C(c3ccc(Br)cc3)OC2=O)cc1OC. The summed E-state index contributed by atoms with van der Waals surface area (Å²) in [5.74, 6) is 0.576. The molecule has 1 heterocycles. The Morgan fingerprint density at radius 3 is 2.70 bits per heavy atom. The van der Waals surface area contributed by atoms with Crippen molar-refractivity contribution in [3.63, 3.8) is 0 Å². The van der Waals surface area contributed by atoms with Gasteiger partial charge in [0.15, 0.2) is 17.2 Å². The molecular formula is C20H15BrClNO4. The first-order valence-electron chi connectivity index (χ1n) is 7.91. The van der Waals surface area contributed by atoms with E-state index in [1.165, 1.54) is 7.11 Å². The molecule has 5 nitrogen and oxygen atoms in total. The molecular weight excluding hydrogens is 434 g/mol. The molecule has 27 heavy (non-hydrogen) atoms. The fraction of sp³-hybridized carbons (Fsp3) is 0.100. The van der Waals surface area contributed by atoms with E-state index in [1.807, 2.05) is 24.3 Å². The maximum Gasteiger partial charge on any atom is 0.363 e. The number of rotatable bonds is 6. The smallest absolute Gasteiger partial charge is 0.363 e. The molecule has 0 N–H and O–H groups in total. The zero-order valence-corrected chi connectivity index (χ0v) is 16.7. The third-order valence-electron chi connectivity index (χ3n) is 3.61. The zero-order valence-electron chi connectivity index (χ0n) is 14.4. The summed E-state index contributed by atoms with van der Waals surface area (Å²) in [5, 5.41) is 0.353. The molecule has 0 unspecified atom stereocenters. The Hall–Kier alpha value is -2.57. The van der Waals surface area contributed by atoms with E-state index in [-0.39, 0.29) is 11.6 Å². The van der Waals surface area contributed by atoms with E-state index in [0.717, 1.165) is 4.47 Å². The van der Waals surface area contributed by atoms with Gasteiger partial charge >= 0.3 is 5.97 Å². The number of carbonyl (C=O) groups excluding carboxylic acids is 1. The van der Waals surface area contributed by atoms with Gasteiger partial charge in [0, 0.05) is 10.0 Å². The van der Waals surface area contributed by atoms with Gasteiger partial charge in [0.2, 0.25) is 5.90 Å². The predicted octanol–water partition coefficient (Wildman–Crippen LogP) is 5.02. The molecule has 2 aromatic carbocycles. The van der Waals surface area contributed by atoms with E-state index < -0.39 is 5.97 Å². The van der Waals surface area contributed by atoms with Crippen molar-refractivity contribution in [1.82, 2.24) is 0 Å². The van der Waals surface area contributed by atoms with Gasteiger partial charge < -0.3 is 14.2 Å². The van der Waals surface area contributed by atoms with Crippen molar-refractivity contribution in [3.05, 3.63) is 75.4 Å². The molecule has 0 aromatic heterocycles. The Morgan fingerprint density at radius 2 is 2.04 bits per heavy atom. The molecule has 3 rings (SSSR count). The van der Waals surface area contributed by atoms with Crippen LogP contribution in [-0.4, -0.2) is 25.6 Å². The zero-order chi connectivity index (χ0) is 19.4. The Bertz CT molecular complexity index is 951. The van der Waals surface area contributed by atoms with Crippen LogP contribution in [0.3, 0.4) is 0 Å². The normalized spacial score (nSPS) is 14.7. The minimum absolute atomic E-state index is 0.172. The molecule has 0 spiro atoms. The topological polar surface area (TPSA) is 57.1 Å². The van der Waals surface area contributed by atoms with Gasteiger partial charge in [-0.3, -0.25) is 0 Å². The fourth-order valence-corrected chi connectivity index (χ4v) is 2.93. The third-order valence-corrected chi connectivity index (χ3v) is 4.42. The second-order valence-corrected chi connectivity index (χ2v) is 6.80. The highest BCUT2D eigenvalue weighted by Crippen LogP contribution is 2.37. The van der Waals surface area contributed by atoms with Crippen LogP contribution in [0.5, 0.6) is 11.5 Å². The van der Waals surface area contributed by atoms with E-state index in [0.29, 0.717) is 34.3 Å². The van der Waals surface area contributed by atoms with Crippen LogP contribution in [0.4, 0.5) is 0 Å². The largest absolute Gasteiger partial charge is 0.493 e. The highest BCUT2D eigenvalue weighted by molar-refractivity contribution is 9.10. The Kier molecular flexibility index (Phi) is 5.98. The van der Waals surface area contributed by atoms with Crippen molar-refractivity contribution in [2.45, 2.75) is 0 Å². The number of carbonyl (C=O) groups is 1. The average Bonchev–Trinajstić information content (AvgIpc) is 3.01. The van der Waals surface area contributed by atoms with Crippen LogP contribution >= 0.6 is 27.5 Å². The molecule has 0 atom stereocenters. The number of hydrogen-bond donors (Lipinski definition) is 0. The summed E-state index contributed by atoms with van der Waals surface area (Å²) in [6.07, 6.45) is 3.19. The quantitative estimate of drug-likeness (QED) is 0.354. The second-order valence-electron chi connectivity index (χ2n) is 5.48. The highest BCUT2D eigenvalue weighted by atomic mass is 79.9. The standard InChI is InChI=1S/C20H15BrClNO4/c1-3-8-26-18-15(22)9-12(11-17(18)25-2)10-16-20(24)27-19(23-16)13-4-6-14(21)7-5-13/h3-7,9-11H,1,8H2,2H3/b16-10-. The molecule has 1 aliphatic rings. The first-order valence-corrected chi connectivity index (χ1v) is 9.08. The van der Waals surface area contributed by atoms with Crippen molar-refractivity contribution in [2.24, 2.45) is 4.99 Å². The van der Waals surface area contributed by atoms with Crippen LogP contribution in [0.1, 0.15) is 11.1 Å². The van der Waals surface area contributed by atoms with Crippen LogP contribution in [0.2, 0.25) is 5.02 Å². The molecule has 138 valence electrons. The van der Waals surface area contributed by atoms with E-state index in [4.69, 9.17) is 25.8 Å². The van der Waals surface area contributed by atoms with Gasteiger partial charge in [-0.25, -0.2) is 9.79 Å². The summed E-state index contributed by atoms with van der Waals surface area (Å²) in [7, 11) is 1.51. The molecule has 0 radical (unpaired) electrons. The molecule has 7 heteroatoms. The van der Waals surface area contributed by atoms with Crippen LogP contribution in [0, 0.1) is 0 Å². The van der Waals surface area contributed by atoms with Crippen LogP contribution in [0.15, 0.2) is 64.2 Å². The number of aliphatic imine (C=N–C) groups is 1. The predicted molar refractivity (Wildman–Crippen MR) is 108 cm³/mol. The van der Waals surface area contributed by atoms with E-state index in [9.17, 15) is 4.79 Å². The van der Waals surface area contributed by atoms with E-state index in [1.54, 1.807) is 24.3 Å². The summed E-state index contributed by atoms with van der Waals surface area (Å²) in [4.78, 5) is 16.4. The number of benzene rings is 2. The minimum Gasteiger partial charge on any atom is -0.493 e. The fourth-order valence-electron chi connectivity index (χ4n) is 2.39. The Balaban J connectivity index is 1.93. The van der Waals surface area contributed by atoms with Crippen LogP contribution in [-0.2, 0) is 9.53 Å². The van der Waals surface area contributed by atoms with Crippen molar-refractivity contribution < 1.29 is 19.0 Å². The second kappa shape index (κ2) is 8.41. The number of methoxy groups -OCH3 is 1. The number of esters is 1. The van der Waals surface area contributed by atoms with Gasteiger partial charge in [0.05, 0.1) is 12.1 Å². The molecule has 0 bridgehead atoms. The first kappa shape index (κ1) is 19.2. The van der Waals surface area contributed by atoms with Gasteiger partial charge in [-0.2, -0.15) is 0 Å². The van der Waals surface area contributed by atoms with Crippen molar-refractivity contribution in [1.29, 1.82) is 0 Å². The lowest BCUT2D eigenvalue weighted by Crippen LogP contribution is -2.05. The monoisotopic (exact) mass is 447 g/mol. The molecule has 0 amide bonds. The Morgan fingerprint density at radius 1 is 1.30 bits per heavy atom. The maximum absolute atomic E-state index is 12.2. The summed E-state index contributed by atoms with van der Waals surface area (Å²) in [6.45, 7) is 3.90. The lowest BCUT2D eigenvalue weighted by Gasteiger charge is -2.12. The molecule has 2 aromatic rings. The van der Waals surface area contributed by atoms with Crippen LogP contribution in [0.25, 0.3) is 6.08 Å². The molecule has 0 fully saturated rings. The molecule has 0 saturated carbocycles. The number of ether oxygens (including phenoxy) is 3. The van der Waals surface area contributed by atoms with E-state index >= 15 is 0 Å². The molecule has 0 aliphatic carbocycles. The first-order chi connectivity index (χ1) is 13.0. The van der Waals surface area contributed by atoms with E-state index in [2.05, 4.69) is 27.5 Å². The lowest BCUT2D eigenvalue weighted by molar-refractivity contribution is -0.129. The number of halogens is 2. The van der Waals surface area contributed by atoms with Crippen molar-refractivity contribution >= 4 is 45.5 Å². The van der Waals surface area contributed by atoms with Crippen molar-refractivity contribution in [3.8, 4) is 11.5 Å².